The van der Waals surface area contributed by atoms with Gasteiger partial charge in [0.15, 0.2) is 5.16 Å². The molecule has 7 nitrogen and oxygen atoms in total. The molecule has 0 aliphatic rings. The largest absolute Gasteiger partial charge is 0.343 e. The van der Waals surface area contributed by atoms with Crippen molar-refractivity contribution in [2.45, 2.75) is 30.8 Å². The number of aromatic amines is 1. The lowest BCUT2D eigenvalue weighted by Crippen LogP contribution is -2.22. The summed E-state index contributed by atoms with van der Waals surface area (Å²) in [5, 5.41) is 7.71. The van der Waals surface area contributed by atoms with Crippen LogP contribution in [0.3, 0.4) is 0 Å². The second-order valence-electron chi connectivity index (χ2n) is 5.16. The lowest BCUT2D eigenvalue weighted by atomic mass is 10.2. The molecule has 2 heterocycles. The van der Waals surface area contributed by atoms with Crippen LogP contribution < -0.4 is 11.2 Å². The highest BCUT2D eigenvalue weighted by Crippen LogP contribution is 2.19. The summed E-state index contributed by atoms with van der Waals surface area (Å²) in [5.41, 5.74) is 0.396. The Morgan fingerprint density at radius 3 is 2.83 bits per heavy atom. The first kappa shape index (κ1) is 15.5. The van der Waals surface area contributed by atoms with Gasteiger partial charge in [-0.05, 0) is 18.6 Å². The van der Waals surface area contributed by atoms with Crippen molar-refractivity contribution in [2.24, 2.45) is 7.05 Å². The van der Waals surface area contributed by atoms with Crippen molar-refractivity contribution in [1.29, 1.82) is 0 Å². The summed E-state index contributed by atoms with van der Waals surface area (Å²) < 4.78 is 3.15. The van der Waals surface area contributed by atoms with Crippen LogP contribution in [-0.2, 0) is 19.3 Å². The van der Waals surface area contributed by atoms with Crippen molar-refractivity contribution in [2.75, 3.05) is 0 Å². The maximum absolute atomic E-state index is 12.4. The van der Waals surface area contributed by atoms with Crippen LogP contribution in [0.2, 0.25) is 0 Å². The molecule has 23 heavy (non-hydrogen) atoms. The summed E-state index contributed by atoms with van der Waals surface area (Å²) in [6.45, 7) is 2.62. The van der Waals surface area contributed by atoms with Crippen LogP contribution >= 0.6 is 11.8 Å². The van der Waals surface area contributed by atoms with Gasteiger partial charge in [-0.3, -0.25) is 13.9 Å². The molecule has 0 amide bonds. The van der Waals surface area contributed by atoms with E-state index >= 15 is 0 Å². The predicted octanol–water partition coefficient (Wildman–Crippen LogP) is 1.52. The number of hydrogen-bond donors (Lipinski definition) is 1. The third-order valence-electron chi connectivity index (χ3n) is 3.58. The Balaban J connectivity index is 1.92. The van der Waals surface area contributed by atoms with E-state index in [0.29, 0.717) is 34.2 Å². The van der Waals surface area contributed by atoms with E-state index in [1.807, 2.05) is 25.1 Å². The van der Waals surface area contributed by atoms with Crippen LogP contribution in [0, 0.1) is 0 Å². The molecular formula is C15H17N5O2S. The second-order valence-corrected chi connectivity index (χ2v) is 6.10. The van der Waals surface area contributed by atoms with Crippen molar-refractivity contribution >= 4 is 22.7 Å². The highest BCUT2D eigenvalue weighted by Gasteiger charge is 2.12. The number of para-hydroxylation sites is 1. The average Bonchev–Trinajstić information content (AvgIpc) is 2.90. The lowest BCUT2D eigenvalue weighted by Gasteiger charge is -2.09. The molecule has 3 aromatic rings. The maximum atomic E-state index is 12.4. The van der Waals surface area contributed by atoms with Crippen LogP contribution in [0.15, 0.2) is 39.0 Å². The number of benzene rings is 1. The van der Waals surface area contributed by atoms with E-state index in [1.165, 1.54) is 11.8 Å². The molecule has 1 aromatic carbocycles. The Morgan fingerprint density at radius 1 is 1.26 bits per heavy atom. The van der Waals surface area contributed by atoms with Crippen molar-refractivity contribution in [3.63, 3.8) is 0 Å². The normalized spacial score (nSPS) is 11.2. The lowest BCUT2D eigenvalue weighted by molar-refractivity contribution is 0.603. The van der Waals surface area contributed by atoms with E-state index in [0.717, 1.165) is 6.42 Å². The number of aromatic nitrogens is 5. The van der Waals surface area contributed by atoms with E-state index < -0.39 is 0 Å². The number of nitrogens with zero attached hydrogens (tertiary/aromatic N) is 4. The van der Waals surface area contributed by atoms with Gasteiger partial charge in [-0.2, -0.15) is 0 Å². The standard InChI is InChI=1S/C15H17N5O2S/c1-3-8-20-14(22)17-18-15(20)23-9-12-16-11-7-5-4-6-10(11)13(21)19(12)2/h4-7H,3,8-9H2,1-2H3,(H,17,22). The number of nitrogens with one attached hydrogen (secondary N) is 1. The third-order valence-corrected chi connectivity index (χ3v) is 4.55. The SMILES string of the molecule is CCCn1c(SCc2nc3ccccc3c(=O)n2C)n[nH]c1=O. The molecule has 0 aliphatic heterocycles. The molecule has 0 atom stereocenters. The molecule has 0 saturated carbocycles. The van der Waals surface area contributed by atoms with Crippen LogP contribution in [0.4, 0.5) is 0 Å². The Morgan fingerprint density at radius 2 is 2.04 bits per heavy atom. The fourth-order valence-corrected chi connectivity index (χ4v) is 3.31. The summed E-state index contributed by atoms with van der Waals surface area (Å²) in [6.07, 6.45) is 0.847. The van der Waals surface area contributed by atoms with Gasteiger partial charge in [0.05, 0.1) is 16.7 Å². The minimum absolute atomic E-state index is 0.0702. The molecule has 1 N–H and O–H groups in total. The monoisotopic (exact) mass is 331 g/mol. The molecule has 0 unspecified atom stereocenters. The summed E-state index contributed by atoms with van der Waals surface area (Å²) in [6, 6.07) is 7.28. The van der Waals surface area contributed by atoms with Gasteiger partial charge >= 0.3 is 5.69 Å². The first-order valence-corrected chi connectivity index (χ1v) is 8.33. The molecule has 2 aromatic heterocycles. The van der Waals surface area contributed by atoms with E-state index in [-0.39, 0.29) is 11.2 Å². The quantitative estimate of drug-likeness (QED) is 0.717. The minimum atomic E-state index is -0.213. The summed E-state index contributed by atoms with van der Waals surface area (Å²) in [4.78, 5) is 28.6. The minimum Gasteiger partial charge on any atom is -0.299 e. The van der Waals surface area contributed by atoms with Crippen LogP contribution in [-0.4, -0.2) is 24.3 Å². The zero-order chi connectivity index (χ0) is 16.4. The zero-order valence-corrected chi connectivity index (χ0v) is 13.8. The molecule has 0 radical (unpaired) electrons. The Bertz CT molecular complexity index is 956. The van der Waals surface area contributed by atoms with Gasteiger partial charge in [-0.1, -0.05) is 30.8 Å². The third kappa shape index (κ3) is 2.94. The summed E-state index contributed by atoms with van der Waals surface area (Å²) >= 11 is 1.39. The number of rotatable bonds is 5. The van der Waals surface area contributed by atoms with E-state index in [4.69, 9.17) is 0 Å². The average molecular weight is 331 g/mol. The van der Waals surface area contributed by atoms with Gasteiger partial charge in [0.1, 0.15) is 5.82 Å². The number of H-pyrrole nitrogens is 1. The highest BCUT2D eigenvalue weighted by molar-refractivity contribution is 7.98. The predicted molar refractivity (Wildman–Crippen MR) is 89.7 cm³/mol. The zero-order valence-electron chi connectivity index (χ0n) is 12.9. The fraction of sp³-hybridized carbons (Fsp3) is 0.333. The van der Waals surface area contributed by atoms with Gasteiger partial charge in [0.25, 0.3) is 5.56 Å². The Labute approximate surface area is 136 Å². The first-order chi connectivity index (χ1) is 11.1. The van der Waals surface area contributed by atoms with Gasteiger partial charge in [-0.15, -0.1) is 5.10 Å². The van der Waals surface area contributed by atoms with Crippen LogP contribution in [0.25, 0.3) is 10.9 Å². The van der Waals surface area contributed by atoms with Crippen molar-refractivity contribution in [1.82, 2.24) is 24.3 Å². The van der Waals surface area contributed by atoms with Crippen LogP contribution in [0.5, 0.6) is 0 Å². The van der Waals surface area contributed by atoms with Gasteiger partial charge in [0, 0.05) is 13.6 Å². The van der Waals surface area contributed by atoms with E-state index in [1.54, 1.807) is 22.2 Å². The number of thioether (sulfide) groups is 1. The molecule has 120 valence electrons. The summed E-state index contributed by atoms with van der Waals surface area (Å²) in [5.74, 6) is 1.11. The maximum Gasteiger partial charge on any atom is 0.343 e. The molecule has 3 rings (SSSR count). The Kier molecular flexibility index (Phi) is 4.33. The molecule has 0 aliphatic carbocycles. The van der Waals surface area contributed by atoms with Crippen molar-refractivity contribution in [3.8, 4) is 0 Å². The topological polar surface area (TPSA) is 85.6 Å². The molecule has 0 spiro atoms. The summed E-state index contributed by atoms with van der Waals surface area (Å²) in [7, 11) is 1.71. The molecule has 0 bridgehead atoms. The number of fused-ring (bicyclic) bond motifs is 1. The smallest absolute Gasteiger partial charge is 0.299 e. The molecular weight excluding hydrogens is 314 g/mol. The van der Waals surface area contributed by atoms with Crippen molar-refractivity contribution < 1.29 is 0 Å². The number of hydrogen-bond acceptors (Lipinski definition) is 5. The molecule has 0 saturated heterocycles. The van der Waals surface area contributed by atoms with Crippen molar-refractivity contribution in [3.05, 3.63) is 50.9 Å². The van der Waals surface area contributed by atoms with Gasteiger partial charge in [0.2, 0.25) is 0 Å². The molecule has 8 heteroatoms. The molecule has 0 fully saturated rings. The second kappa shape index (κ2) is 6.41. The Hall–Kier alpha value is -2.35. The van der Waals surface area contributed by atoms with Crippen LogP contribution in [0.1, 0.15) is 19.2 Å². The fourth-order valence-electron chi connectivity index (χ4n) is 2.36. The first-order valence-electron chi connectivity index (χ1n) is 7.34. The highest BCUT2D eigenvalue weighted by atomic mass is 32.2. The van der Waals surface area contributed by atoms with E-state index in [2.05, 4.69) is 15.2 Å². The van der Waals surface area contributed by atoms with Gasteiger partial charge < -0.3 is 0 Å². The van der Waals surface area contributed by atoms with Gasteiger partial charge in [-0.25, -0.2) is 14.9 Å². The van der Waals surface area contributed by atoms with E-state index in [9.17, 15) is 9.59 Å².